The van der Waals surface area contributed by atoms with Gasteiger partial charge in [0.05, 0.1) is 17.7 Å². The van der Waals surface area contributed by atoms with Crippen LogP contribution in [0.4, 0.5) is 0 Å². The molecule has 0 saturated carbocycles. The molecule has 0 aliphatic carbocycles. The predicted molar refractivity (Wildman–Crippen MR) is 158 cm³/mol. The lowest BCUT2D eigenvalue weighted by Gasteiger charge is -2.37. The summed E-state index contributed by atoms with van der Waals surface area (Å²) in [5, 5.41) is 6.25. The first-order valence-electron chi connectivity index (χ1n) is 13.4. The topological polar surface area (TPSA) is 57.0 Å². The third kappa shape index (κ3) is 4.26. The summed E-state index contributed by atoms with van der Waals surface area (Å²) in [4.78, 5) is 17.2. The number of aromatic nitrogens is 3. The van der Waals surface area contributed by atoms with Crippen molar-refractivity contribution in [3.05, 3.63) is 155 Å². The number of carbonyl (C=O) groups excluding carboxylic acids is 1. The van der Waals surface area contributed by atoms with E-state index in [1.165, 1.54) is 0 Å². The quantitative estimate of drug-likeness (QED) is 0.161. The minimum absolute atomic E-state index is 0.311. The molecule has 2 heterocycles. The number of aryl methyl sites for hydroxylation is 1. The van der Waals surface area contributed by atoms with Gasteiger partial charge in [-0.2, -0.15) is 5.10 Å². The largest absolute Gasteiger partial charge is 0.462 e. The summed E-state index contributed by atoms with van der Waals surface area (Å²) < 4.78 is 7.46. The van der Waals surface area contributed by atoms with Gasteiger partial charge in [-0.3, -0.25) is 4.98 Å². The molecule has 0 radical (unpaired) electrons. The van der Waals surface area contributed by atoms with Crippen LogP contribution in [-0.4, -0.2) is 27.3 Å². The Kier molecular flexibility index (Phi) is 6.71. The summed E-state index contributed by atoms with van der Waals surface area (Å²) in [6.45, 7) is 4.09. The van der Waals surface area contributed by atoms with E-state index in [1.807, 2.05) is 62.4 Å². The van der Waals surface area contributed by atoms with Crippen LogP contribution in [0.3, 0.4) is 0 Å². The molecule has 2 aromatic heterocycles. The molecular formula is C35H29N3O2. The van der Waals surface area contributed by atoms with E-state index in [0.717, 1.165) is 44.5 Å². The number of nitrogens with zero attached hydrogens (tertiary/aromatic N) is 3. The van der Waals surface area contributed by atoms with Crippen LogP contribution in [-0.2, 0) is 10.3 Å². The first-order chi connectivity index (χ1) is 19.6. The number of fused-ring (bicyclic) bond motifs is 1. The number of hydrogen-bond acceptors (Lipinski definition) is 4. The second-order valence-electron chi connectivity index (χ2n) is 9.71. The Hall–Kier alpha value is -5.03. The highest BCUT2D eigenvalue weighted by Gasteiger charge is 2.41. The van der Waals surface area contributed by atoms with Gasteiger partial charge in [0.2, 0.25) is 0 Å². The van der Waals surface area contributed by atoms with Crippen LogP contribution < -0.4 is 0 Å². The highest BCUT2D eigenvalue weighted by Crippen LogP contribution is 2.44. The number of hydrogen-bond donors (Lipinski definition) is 0. The fourth-order valence-corrected chi connectivity index (χ4v) is 5.53. The van der Waals surface area contributed by atoms with Gasteiger partial charge in [-0.15, -0.1) is 0 Å². The van der Waals surface area contributed by atoms with Crippen molar-refractivity contribution in [2.75, 3.05) is 6.61 Å². The molecule has 196 valence electrons. The van der Waals surface area contributed by atoms with E-state index in [2.05, 4.69) is 82.5 Å². The predicted octanol–water partition coefficient (Wildman–Crippen LogP) is 7.42. The zero-order valence-corrected chi connectivity index (χ0v) is 22.5. The molecule has 0 unspecified atom stereocenters. The Morgan fingerprint density at radius 1 is 0.775 bits per heavy atom. The van der Waals surface area contributed by atoms with Crippen LogP contribution in [0.25, 0.3) is 22.2 Å². The summed E-state index contributed by atoms with van der Waals surface area (Å²) in [7, 11) is 0. The second kappa shape index (κ2) is 10.6. The van der Waals surface area contributed by atoms with Crippen molar-refractivity contribution >= 4 is 16.9 Å². The molecule has 0 atom stereocenters. The molecule has 0 bridgehead atoms. The molecule has 0 saturated heterocycles. The average molecular weight is 524 g/mol. The summed E-state index contributed by atoms with van der Waals surface area (Å²) in [5.74, 6) is -0.352. The standard InChI is InChI=1S/C35H29N3O2/c1-3-40-34(39)27-19-20-32-31(24-27)33(26-21-22-36-25(2)23-26)37-38(32)35(28-13-7-4-8-14-28,29-15-9-5-10-16-29)30-17-11-6-12-18-30/h4-24H,3H2,1-2H3. The maximum Gasteiger partial charge on any atom is 0.338 e. The van der Waals surface area contributed by atoms with Crippen molar-refractivity contribution in [2.45, 2.75) is 19.4 Å². The van der Waals surface area contributed by atoms with Crippen LogP contribution in [0.2, 0.25) is 0 Å². The van der Waals surface area contributed by atoms with Crippen molar-refractivity contribution in [1.29, 1.82) is 0 Å². The van der Waals surface area contributed by atoms with E-state index < -0.39 is 5.54 Å². The Bertz CT molecular complexity index is 1680. The van der Waals surface area contributed by atoms with Crippen LogP contribution >= 0.6 is 0 Å². The fourth-order valence-electron chi connectivity index (χ4n) is 5.53. The van der Waals surface area contributed by atoms with Crippen molar-refractivity contribution in [2.24, 2.45) is 0 Å². The number of pyridine rings is 1. The Balaban J connectivity index is 1.77. The molecule has 6 aromatic rings. The first kappa shape index (κ1) is 25.3. The monoisotopic (exact) mass is 523 g/mol. The lowest BCUT2D eigenvalue weighted by Crippen LogP contribution is -2.38. The second-order valence-corrected chi connectivity index (χ2v) is 9.71. The van der Waals surface area contributed by atoms with Gasteiger partial charge in [0.15, 0.2) is 0 Å². The third-order valence-electron chi connectivity index (χ3n) is 7.25. The molecule has 5 nitrogen and oxygen atoms in total. The van der Waals surface area contributed by atoms with Crippen LogP contribution in [0.1, 0.15) is 39.7 Å². The SMILES string of the molecule is CCOC(=O)c1ccc2c(c1)c(-c1ccnc(C)c1)nn2C(c1ccccc1)(c1ccccc1)c1ccccc1. The molecule has 0 N–H and O–H groups in total. The highest BCUT2D eigenvalue weighted by atomic mass is 16.5. The minimum atomic E-state index is -0.798. The van der Waals surface area contributed by atoms with Gasteiger partial charge in [-0.05, 0) is 60.9 Å². The molecule has 5 heteroatoms. The van der Waals surface area contributed by atoms with E-state index in [9.17, 15) is 4.79 Å². The van der Waals surface area contributed by atoms with E-state index in [4.69, 9.17) is 9.84 Å². The molecule has 0 aliphatic heterocycles. The van der Waals surface area contributed by atoms with Gasteiger partial charge in [0.1, 0.15) is 11.2 Å². The molecule has 0 spiro atoms. The van der Waals surface area contributed by atoms with Crippen molar-refractivity contribution in [3.8, 4) is 11.3 Å². The Morgan fingerprint density at radius 2 is 1.35 bits per heavy atom. The molecule has 0 fully saturated rings. The number of rotatable bonds is 7. The maximum absolute atomic E-state index is 12.8. The maximum atomic E-state index is 12.8. The van der Waals surface area contributed by atoms with Crippen LogP contribution in [0, 0.1) is 6.92 Å². The van der Waals surface area contributed by atoms with Gasteiger partial charge in [0.25, 0.3) is 0 Å². The number of carbonyl (C=O) groups is 1. The summed E-state index contributed by atoms with van der Waals surface area (Å²) >= 11 is 0. The van der Waals surface area contributed by atoms with Crippen LogP contribution in [0.15, 0.2) is 128 Å². The van der Waals surface area contributed by atoms with Gasteiger partial charge in [0, 0.05) is 22.8 Å². The summed E-state index contributed by atoms with van der Waals surface area (Å²) in [6.07, 6.45) is 1.80. The molecule has 6 rings (SSSR count). The van der Waals surface area contributed by atoms with Crippen molar-refractivity contribution < 1.29 is 9.53 Å². The first-order valence-corrected chi connectivity index (χ1v) is 13.4. The number of ether oxygens (including phenoxy) is 1. The van der Waals surface area contributed by atoms with Crippen molar-refractivity contribution in [3.63, 3.8) is 0 Å². The molecule has 0 aliphatic rings. The molecule has 40 heavy (non-hydrogen) atoms. The summed E-state index contributed by atoms with van der Waals surface area (Å²) in [5.41, 5.74) is 6.41. The van der Waals surface area contributed by atoms with Crippen LogP contribution in [0.5, 0.6) is 0 Å². The normalized spacial score (nSPS) is 11.4. The average Bonchev–Trinajstić information content (AvgIpc) is 3.39. The smallest absolute Gasteiger partial charge is 0.338 e. The summed E-state index contributed by atoms with van der Waals surface area (Å²) in [6, 6.07) is 41.1. The van der Waals surface area contributed by atoms with Gasteiger partial charge in [-0.25, -0.2) is 9.48 Å². The number of esters is 1. The van der Waals surface area contributed by atoms with E-state index >= 15 is 0 Å². The van der Waals surface area contributed by atoms with Gasteiger partial charge < -0.3 is 4.74 Å². The Morgan fingerprint density at radius 3 is 1.88 bits per heavy atom. The molecular weight excluding hydrogens is 494 g/mol. The van der Waals surface area contributed by atoms with E-state index in [-0.39, 0.29) is 5.97 Å². The van der Waals surface area contributed by atoms with E-state index in [0.29, 0.717) is 12.2 Å². The van der Waals surface area contributed by atoms with E-state index in [1.54, 1.807) is 6.20 Å². The van der Waals surface area contributed by atoms with Crippen molar-refractivity contribution in [1.82, 2.24) is 14.8 Å². The minimum Gasteiger partial charge on any atom is -0.462 e. The fraction of sp³-hybridized carbons (Fsp3) is 0.114. The zero-order valence-electron chi connectivity index (χ0n) is 22.5. The van der Waals surface area contributed by atoms with Gasteiger partial charge in [-0.1, -0.05) is 91.0 Å². The molecule has 4 aromatic carbocycles. The number of benzene rings is 4. The van der Waals surface area contributed by atoms with Gasteiger partial charge >= 0.3 is 5.97 Å². The zero-order chi connectivity index (χ0) is 27.5. The lowest BCUT2D eigenvalue weighted by molar-refractivity contribution is 0.0526. The lowest BCUT2D eigenvalue weighted by atomic mass is 9.77. The Labute approximate surface area is 233 Å². The molecule has 0 amide bonds. The highest BCUT2D eigenvalue weighted by molar-refractivity contribution is 6.00. The third-order valence-corrected chi connectivity index (χ3v) is 7.25.